The molecule has 12 nitrogen and oxygen atoms in total. The summed E-state index contributed by atoms with van der Waals surface area (Å²) in [4.78, 5) is 46.8. The van der Waals surface area contributed by atoms with Crippen molar-refractivity contribution in [2.75, 3.05) is 26.4 Å². The fraction of sp³-hybridized carbons (Fsp3) is 0.818. The number of nitrogens with one attached hydrogen (secondary N) is 1. The number of hydrogen-bond donors (Lipinski definition) is 1. The van der Waals surface area contributed by atoms with E-state index in [1.165, 1.54) is 6.92 Å². The zero-order valence-electron chi connectivity index (χ0n) is 20.4. The molecule has 35 heavy (non-hydrogen) atoms. The van der Waals surface area contributed by atoms with Gasteiger partial charge in [-0.25, -0.2) is 4.79 Å². The zero-order chi connectivity index (χ0) is 26.1. The molecule has 5 unspecified atom stereocenters. The van der Waals surface area contributed by atoms with Crippen LogP contribution in [0, 0.1) is 16.2 Å². The van der Waals surface area contributed by atoms with Crippen LogP contribution >= 0.6 is 0 Å². The van der Waals surface area contributed by atoms with Crippen molar-refractivity contribution in [2.45, 2.75) is 70.8 Å². The minimum Gasteiger partial charge on any atom is -0.468 e. The van der Waals surface area contributed by atoms with E-state index in [1.54, 1.807) is 13.8 Å². The summed E-state index contributed by atoms with van der Waals surface area (Å²) >= 11 is 0. The molecule has 2 aliphatic carbocycles. The van der Waals surface area contributed by atoms with Gasteiger partial charge in [-0.1, -0.05) is 6.92 Å². The quantitative estimate of drug-likeness (QED) is 0.129. The predicted molar refractivity (Wildman–Crippen MR) is 118 cm³/mol. The molecule has 1 saturated heterocycles. The number of ether oxygens (including phenoxy) is 4. The standard InChI is InChI=1S/C22H33NO11S/c1-5-20(3,4)18(26)31-9-7-23-19(27)33-16-17-22(6-8-30-13-24)11-21(16,12-32-14(2)25)10-15(22)35(28,29)34-17/h13,15-17H,5-12H2,1-4H3,(H,23,27). The van der Waals surface area contributed by atoms with Crippen LogP contribution in [-0.4, -0.2) is 76.7 Å². The summed E-state index contributed by atoms with van der Waals surface area (Å²) in [5.41, 5.74) is -2.56. The summed E-state index contributed by atoms with van der Waals surface area (Å²) in [5, 5.41) is 1.60. The van der Waals surface area contributed by atoms with E-state index in [0.29, 0.717) is 6.42 Å². The maximum atomic E-state index is 12.8. The minimum absolute atomic E-state index is 0.0151. The average Bonchev–Trinajstić information content (AvgIpc) is 3.30. The Hall–Kier alpha value is -2.41. The molecular formula is C22H33NO11S. The maximum Gasteiger partial charge on any atom is 0.407 e. The Labute approximate surface area is 204 Å². The molecule has 5 atom stereocenters. The van der Waals surface area contributed by atoms with E-state index >= 15 is 0 Å². The molecule has 1 aliphatic heterocycles. The molecule has 2 bridgehead atoms. The van der Waals surface area contributed by atoms with Crippen LogP contribution in [0.4, 0.5) is 4.79 Å². The van der Waals surface area contributed by atoms with Gasteiger partial charge in [-0.3, -0.25) is 18.6 Å². The topological polar surface area (TPSA) is 161 Å². The predicted octanol–water partition coefficient (Wildman–Crippen LogP) is 1.06. The van der Waals surface area contributed by atoms with Crippen LogP contribution in [0.5, 0.6) is 0 Å². The molecule has 198 valence electrons. The Kier molecular flexibility index (Phi) is 7.70. The van der Waals surface area contributed by atoms with Crippen molar-refractivity contribution < 1.29 is 50.7 Å². The summed E-state index contributed by atoms with van der Waals surface area (Å²) < 4.78 is 51.9. The Morgan fingerprint density at radius 2 is 1.91 bits per heavy atom. The first-order chi connectivity index (χ1) is 16.3. The van der Waals surface area contributed by atoms with Crippen molar-refractivity contribution in [1.29, 1.82) is 0 Å². The van der Waals surface area contributed by atoms with E-state index in [-0.39, 0.29) is 52.1 Å². The van der Waals surface area contributed by atoms with Crippen LogP contribution in [0.1, 0.15) is 53.4 Å². The Morgan fingerprint density at radius 1 is 1.20 bits per heavy atom. The van der Waals surface area contributed by atoms with Gasteiger partial charge in [0.25, 0.3) is 16.6 Å². The van der Waals surface area contributed by atoms with Crippen molar-refractivity contribution in [1.82, 2.24) is 5.32 Å². The van der Waals surface area contributed by atoms with Gasteiger partial charge in [-0.2, -0.15) is 8.42 Å². The van der Waals surface area contributed by atoms with Gasteiger partial charge in [0.05, 0.1) is 23.8 Å². The molecule has 0 aromatic rings. The van der Waals surface area contributed by atoms with Crippen LogP contribution in [0.25, 0.3) is 0 Å². The van der Waals surface area contributed by atoms with Crippen molar-refractivity contribution in [3.63, 3.8) is 0 Å². The molecule has 0 spiro atoms. The molecule has 1 N–H and O–H groups in total. The lowest BCUT2D eigenvalue weighted by Gasteiger charge is -2.37. The van der Waals surface area contributed by atoms with Crippen molar-refractivity contribution in [3.8, 4) is 0 Å². The Morgan fingerprint density at radius 3 is 2.54 bits per heavy atom. The Bertz CT molecular complexity index is 964. The van der Waals surface area contributed by atoms with Crippen LogP contribution in [-0.2, 0) is 47.6 Å². The van der Waals surface area contributed by atoms with Gasteiger partial charge >= 0.3 is 18.0 Å². The summed E-state index contributed by atoms with van der Waals surface area (Å²) in [6.07, 6.45) is -1.77. The summed E-state index contributed by atoms with van der Waals surface area (Å²) in [6.45, 7) is 6.64. The van der Waals surface area contributed by atoms with Crippen LogP contribution < -0.4 is 5.32 Å². The zero-order valence-corrected chi connectivity index (χ0v) is 21.2. The van der Waals surface area contributed by atoms with Crippen molar-refractivity contribution in [3.05, 3.63) is 0 Å². The summed E-state index contributed by atoms with van der Waals surface area (Å²) in [5.74, 6) is -0.942. The van der Waals surface area contributed by atoms with Gasteiger partial charge in [0, 0.05) is 17.8 Å². The number of rotatable bonds is 12. The molecule has 1 heterocycles. The molecule has 0 aromatic heterocycles. The van der Waals surface area contributed by atoms with Gasteiger partial charge in [0.15, 0.2) is 0 Å². The molecule has 13 heteroatoms. The summed E-state index contributed by atoms with van der Waals surface area (Å²) in [6, 6.07) is 0. The third-order valence-electron chi connectivity index (χ3n) is 7.54. The van der Waals surface area contributed by atoms with Gasteiger partial charge < -0.3 is 24.3 Å². The van der Waals surface area contributed by atoms with E-state index in [0.717, 1.165) is 0 Å². The normalized spacial score (nSPS) is 32.1. The SMILES string of the molecule is CCC(C)(C)C(=O)OCCNC(=O)OC1C2OS(=O)(=O)C3CC1(COC(C)=O)CC23CCOC=O. The first-order valence-corrected chi connectivity index (χ1v) is 13.0. The highest BCUT2D eigenvalue weighted by atomic mass is 32.2. The van der Waals surface area contributed by atoms with E-state index < -0.39 is 61.9 Å². The summed E-state index contributed by atoms with van der Waals surface area (Å²) in [7, 11) is -3.97. The van der Waals surface area contributed by atoms with E-state index in [9.17, 15) is 27.6 Å². The fourth-order valence-corrected chi connectivity index (χ4v) is 7.55. The number of hydrogen-bond acceptors (Lipinski definition) is 11. The molecular weight excluding hydrogens is 486 g/mol. The lowest BCUT2D eigenvalue weighted by molar-refractivity contribution is -0.154. The molecule has 0 aromatic carbocycles. The molecule has 3 fully saturated rings. The van der Waals surface area contributed by atoms with E-state index in [4.69, 9.17) is 23.1 Å². The number of amides is 1. The third kappa shape index (κ3) is 5.11. The first-order valence-electron chi connectivity index (χ1n) is 11.6. The van der Waals surface area contributed by atoms with Crippen LogP contribution in [0.15, 0.2) is 0 Å². The monoisotopic (exact) mass is 519 g/mol. The molecule has 0 radical (unpaired) electrons. The molecule has 2 saturated carbocycles. The van der Waals surface area contributed by atoms with Gasteiger partial charge in [-0.05, 0) is 39.5 Å². The first kappa shape index (κ1) is 27.2. The van der Waals surface area contributed by atoms with Crippen LogP contribution in [0.2, 0.25) is 0 Å². The largest absolute Gasteiger partial charge is 0.468 e. The number of alkyl carbamates (subject to hydrolysis) is 1. The third-order valence-corrected chi connectivity index (χ3v) is 9.35. The number of carbonyl (C=O) groups is 4. The lowest BCUT2D eigenvalue weighted by Crippen LogP contribution is -2.50. The van der Waals surface area contributed by atoms with Crippen molar-refractivity contribution in [2.24, 2.45) is 16.2 Å². The second-order valence-electron chi connectivity index (χ2n) is 10.1. The molecule has 3 rings (SSSR count). The van der Waals surface area contributed by atoms with Gasteiger partial charge in [-0.15, -0.1) is 0 Å². The minimum atomic E-state index is -3.97. The molecule has 1 amide bonds. The average molecular weight is 520 g/mol. The lowest BCUT2D eigenvalue weighted by atomic mass is 9.76. The van der Waals surface area contributed by atoms with E-state index in [2.05, 4.69) is 5.32 Å². The fourth-order valence-electron chi connectivity index (χ4n) is 5.39. The van der Waals surface area contributed by atoms with E-state index in [1.807, 2.05) is 6.92 Å². The number of esters is 2. The van der Waals surface area contributed by atoms with Crippen LogP contribution in [0.3, 0.4) is 0 Å². The second-order valence-corrected chi connectivity index (χ2v) is 11.8. The Balaban J connectivity index is 1.71. The smallest absolute Gasteiger partial charge is 0.407 e. The second kappa shape index (κ2) is 9.92. The highest BCUT2D eigenvalue weighted by Crippen LogP contribution is 2.70. The molecule has 3 aliphatic rings. The van der Waals surface area contributed by atoms with Gasteiger partial charge in [0.2, 0.25) is 0 Å². The van der Waals surface area contributed by atoms with Gasteiger partial charge in [0.1, 0.15) is 25.4 Å². The highest BCUT2D eigenvalue weighted by Gasteiger charge is 2.79. The number of carbonyl (C=O) groups excluding carboxylic acids is 4. The number of fused-ring (bicyclic) bond motifs is 1. The maximum absolute atomic E-state index is 12.8. The highest BCUT2D eigenvalue weighted by molar-refractivity contribution is 7.87. The van der Waals surface area contributed by atoms with Crippen molar-refractivity contribution >= 4 is 34.6 Å².